The Kier molecular flexibility index (Phi) is 11.5. The van der Waals surface area contributed by atoms with Gasteiger partial charge in [0.05, 0.1) is 12.3 Å². The summed E-state index contributed by atoms with van der Waals surface area (Å²) in [5.74, 6) is 1.26. The minimum atomic E-state index is -0.288. The summed E-state index contributed by atoms with van der Waals surface area (Å²) < 4.78 is 7.49. The number of carbonyl (C=O) groups is 1. The topological polar surface area (TPSA) is 92.6 Å². The second kappa shape index (κ2) is 13.3. The van der Waals surface area contributed by atoms with E-state index in [9.17, 15) is 4.79 Å². The van der Waals surface area contributed by atoms with E-state index in [1.54, 1.807) is 4.68 Å². The van der Waals surface area contributed by atoms with Gasteiger partial charge >= 0.3 is 0 Å². The van der Waals surface area contributed by atoms with E-state index in [-0.39, 0.29) is 48.1 Å². The summed E-state index contributed by atoms with van der Waals surface area (Å²) in [4.78, 5) is 16.6. The van der Waals surface area contributed by atoms with Crippen LogP contribution in [0.3, 0.4) is 0 Å². The fraction of sp³-hybridized carbons (Fsp3) is 0.522. The Bertz CT molecular complexity index is 856. The number of guanidine groups is 1. The number of rotatable bonds is 9. The molecular weight excluding hydrogens is 519 g/mol. The van der Waals surface area contributed by atoms with Gasteiger partial charge in [-0.2, -0.15) is 5.10 Å². The summed E-state index contributed by atoms with van der Waals surface area (Å²) in [6, 6.07) is 7.68. The van der Waals surface area contributed by atoms with E-state index in [4.69, 9.17) is 4.74 Å². The van der Waals surface area contributed by atoms with Crippen LogP contribution in [0.4, 0.5) is 5.69 Å². The third-order valence-corrected chi connectivity index (χ3v) is 4.08. The minimum Gasteiger partial charge on any atom is -0.491 e. The average molecular weight is 556 g/mol. The molecule has 0 radical (unpaired) electrons. The second-order valence-corrected chi connectivity index (χ2v) is 8.83. The molecule has 2 rings (SSSR count). The first-order valence-corrected chi connectivity index (χ1v) is 10.7. The summed E-state index contributed by atoms with van der Waals surface area (Å²) in [6.45, 7) is 10.6. The van der Waals surface area contributed by atoms with Gasteiger partial charge in [-0.15, -0.1) is 24.0 Å². The molecule has 1 aromatic carbocycles. The minimum absolute atomic E-state index is 0. The van der Waals surface area contributed by atoms with Gasteiger partial charge in [-0.1, -0.05) is 0 Å². The van der Waals surface area contributed by atoms with Gasteiger partial charge in [-0.25, -0.2) is 4.99 Å². The molecule has 0 aliphatic heterocycles. The lowest BCUT2D eigenvalue weighted by Gasteiger charge is -2.20. The zero-order valence-corrected chi connectivity index (χ0v) is 22.3. The van der Waals surface area contributed by atoms with Gasteiger partial charge in [0, 0.05) is 31.0 Å². The van der Waals surface area contributed by atoms with E-state index < -0.39 is 0 Å². The van der Waals surface area contributed by atoms with Crippen LogP contribution in [0.1, 0.15) is 46.6 Å². The largest absolute Gasteiger partial charge is 0.491 e. The highest BCUT2D eigenvalue weighted by atomic mass is 127. The molecule has 0 fully saturated rings. The smallest absolute Gasteiger partial charge is 0.242 e. The van der Waals surface area contributed by atoms with Crippen molar-refractivity contribution in [1.82, 2.24) is 20.4 Å². The van der Waals surface area contributed by atoms with Crippen molar-refractivity contribution in [2.45, 2.75) is 59.1 Å². The first-order valence-electron chi connectivity index (χ1n) is 10.7. The van der Waals surface area contributed by atoms with Crippen LogP contribution in [0, 0.1) is 0 Å². The molecule has 0 unspecified atom stereocenters. The first kappa shape index (κ1) is 27.7. The van der Waals surface area contributed by atoms with Crippen LogP contribution in [-0.2, 0) is 18.3 Å². The number of hydrogen-bond acceptors (Lipinski definition) is 4. The van der Waals surface area contributed by atoms with E-state index in [0.29, 0.717) is 5.96 Å². The Morgan fingerprint density at radius 3 is 2.47 bits per heavy atom. The average Bonchev–Trinajstić information content (AvgIpc) is 3.08. The molecule has 8 nitrogen and oxygen atoms in total. The van der Waals surface area contributed by atoms with Crippen LogP contribution in [-0.4, -0.2) is 46.4 Å². The molecule has 0 aliphatic rings. The predicted molar refractivity (Wildman–Crippen MR) is 141 cm³/mol. The highest BCUT2D eigenvalue weighted by molar-refractivity contribution is 14.0. The normalized spacial score (nSPS) is 11.7. The number of aryl methyl sites for hydroxylation is 2. The molecule has 1 amide bonds. The van der Waals surface area contributed by atoms with Crippen molar-refractivity contribution >= 4 is 41.5 Å². The van der Waals surface area contributed by atoms with Crippen LogP contribution >= 0.6 is 24.0 Å². The zero-order chi connectivity index (χ0) is 22.9. The molecule has 32 heavy (non-hydrogen) atoms. The van der Waals surface area contributed by atoms with Crippen molar-refractivity contribution in [2.75, 3.05) is 18.4 Å². The maximum atomic E-state index is 12.2. The predicted octanol–water partition coefficient (Wildman–Crippen LogP) is 3.73. The molecule has 2 aromatic rings. The molecule has 3 N–H and O–H groups in total. The van der Waals surface area contributed by atoms with Crippen LogP contribution in [0.5, 0.6) is 5.75 Å². The standard InChI is InChI=1S/C23H36N6O2.HI/c1-17(2)31-20-11-9-19(10-12-20)27-22(25-15-21(30)28-23(3,4)5)24-13-7-8-18-14-26-29(6)16-18;/h9-12,14,16-17H,7-8,13,15H2,1-6H3,(H,28,30)(H2,24,25,27);1H. The molecule has 0 saturated heterocycles. The van der Waals surface area contributed by atoms with Gasteiger partial charge in [0.25, 0.3) is 0 Å². The fourth-order valence-corrected chi connectivity index (χ4v) is 2.87. The number of hydrogen-bond donors (Lipinski definition) is 3. The molecule has 0 saturated carbocycles. The Hall–Kier alpha value is -2.30. The van der Waals surface area contributed by atoms with Crippen molar-refractivity contribution in [3.05, 3.63) is 42.2 Å². The molecule has 1 heterocycles. The molecular formula is C23H37IN6O2. The van der Waals surface area contributed by atoms with Gasteiger partial charge in [0.2, 0.25) is 5.91 Å². The van der Waals surface area contributed by atoms with E-state index >= 15 is 0 Å². The number of carbonyl (C=O) groups excluding carboxylic acids is 1. The van der Waals surface area contributed by atoms with Gasteiger partial charge in [-0.3, -0.25) is 9.48 Å². The van der Waals surface area contributed by atoms with Gasteiger partial charge in [0.15, 0.2) is 5.96 Å². The third kappa shape index (κ3) is 11.4. The van der Waals surface area contributed by atoms with Gasteiger partial charge < -0.3 is 20.7 Å². The highest BCUT2D eigenvalue weighted by Gasteiger charge is 2.13. The summed E-state index contributed by atoms with van der Waals surface area (Å²) in [6.07, 6.45) is 5.86. The Morgan fingerprint density at radius 2 is 1.91 bits per heavy atom. The lowest BCUT2D eigenvalue weighted by atomic mass is 10.1. The zero-order valence-electron chi connectivity index (χ0n) is 19.9. The van der Waals surface area contributed by atoms with E-state index in [1.165, 1.54) is 5.56 Å². The fourth-order valence-electron chi connectivity index (χ4n) is 2.87. The van der Waals surface area contributed by atoms with Crippen LogP contribution in [0.25, 0.3) is 0 Å². The quantitative estimate of drug-likeness (QED) is 0.190. The number of aromatic nitrogens is 2. The van der Waals surface area contributed by atoms with E-state index in [0.717, 1.165) is 30.8 Å². The van der Waals surface area contributed by atoms with Crippen molar-refractivity contribution < 1.29 is 9.53 Å². The SMILES string of the molecule is CC(C)Oc1ccc(NC(=NCC(=O)NC(C)(C)C)NCCCc2cnn(C)c2)cc1.I. The van der Waals surface area contributed by atoms with Crippen molar-refractivity contribution in [3.63, 3.8) is 0 Å². The summed E-state index contributed by atoms with van der Waals surface area (Å²) in [7, 11) is 1.91. The number of anilines is 1. The molecule has 1 aromatic heterocycles. The van der Waals surface area contributed by atoms with Gasteiger partial charge in [-0.05, 0) is 77.3 Å². The lowest BCUT2D eigenvalue weighted by Crippen LogP contribution is -2.42. The molecule has 0 aliphatic carbocycles. The number of nitrogens with zero attached hydrogens (tertiary/aromatic N) is 3. The Morgan fingerprint density at radius 1 is 1.22 bits per heavy atom. The summed E-state index contributed by atoms with van der Waals surface area (Å²) >= 11 is 0. The number of ether oxygens (including phenoxy) is 1. The summed E-state index contributed by atoms with van der Waals surface area (Å²) in [5.41, 5.74) is 1.77. The Balaban J connectivity index is 0.00000512. The summed E-state index contributed by atoms with van der Waals surface area (Å²) in [5, 5.41) is 13.7. The number of aliphatic imine (C=N–C) groups is 1. The number of nitrogens with one attached hydrogen (secondary N) is 3. The maximum Gasteiger partial charge on any atom is 0.242 e. The van der Waals surface area contributed by atoms with Crippen molar-refractivity contribution in [3.8, 4) is 5.75 Å². The number of benzene rings is 1. The monoisotopic (exact) mass is 556 g/mol. The third-order valence-electron chi connectivity index (χ3n) is 4.08. The lowest BCUT2D eigenvalue weighted by molar-refractivity contribution is -0.121. The first-order chi connectivity index (χ1) is 14.6. The Labute approximate surface area is 208 Å². The molecule has 0 spiro atoms. The van der Waals surface area contributed by atoms with Gasteiger partial charge in [0.1, 0.15) is 12.3 Å². The second-order valence-electron chi connectivity index (χ2n) is 8.83. The van der Waals surface area contributed by atoms with Crippen LogP contribution in [0.2, 0.25) is 0 Å². The highest BCUT2D eigenvalue weighted by Crippen LogP contribution is 2.16. The molecule has 178 valence electrons. The van der Waals surface area contributed by atoms with Crippen LogP contribution in [0.15, 0.2) is 41.7 Å². The van der Waals surface area contributed by atoms with Crippen molar-refractivity contribution in [1.29, 1.82) is 0 Å². The molecule has 0 bridgehead atoms. The molecule has 0 atom stereocenters. The van der Waals surface area contributed by atoms with E-state index in [1.807, 2.05) is 78.3 Å². The van der Waals surface area contributed by atoms with Crippen LogP contribution < -0.4 is 20.7 Å². The van der Waals surface area contributed by atoms with Crippen molar-refractivity contribution in [2.24, 2.45) is 12.0 Å². The number of amides is 1. The molecule has 9 heteroatoms. The van der Waals surface area contributed by atoms with E-state index in [2.05, 4.69) is 26.0 Å². The maximum absolute atomic E-state index is 12.2. The number of halogens is 1.